The molecule has 0 heterocycles. The Morgan fingerprint density at radius 3 is 1.85 bits per heavy atom. The lowest BCUT2D eigenvalue weighted by molar-refractivity contribution is -0.140. The zero-order valence-corrected chi connectivity index (χ0v) is 48.8. The molecule has 1 aliphatic carbocycles. The van der Waals surface area contributed by atoms with Gasteiger partial charge in [0.15, 0.2) is 0 Å². The van der Waals surface area contributed by atoms with Gasteiger partial charge in [0.2, 0.25) is 23.6 Å². The van der Waals surface area contributed by atoms with Crippen molar-refractivity contribution in [2.75, 3.05) is 39.1 Å². The Balaban J connectivity index is 0.964. The van der Waals surface area contributed by atoms with Gasteiger partial charge in [-0.2, -0.15) is 0 Å². The second kappa shape index (κ2) is 27.4. The molecule has 19 heteroatoms. The number of carbonyl (C=O) groups is 7. The van der Waals surface area contributed by atoms with Gasteiger partial charge in [-0.05, 0) is 101 Å². The normalized spacial score (nSPS) is 13.6. The minimum absolute atomic E-state index is 0.0131. The van der Waals surface area contributed by atoms with Crippen molar-refractivity contribution in [3.63, 3.8) is 0 Å². The van der Waals surface area contributed by atoms with Gasteiger partial charge in [-0.1, -0.05) is 162 Å². The number of fused-ring (bicyclic) bond motifs is 3. The lowest BCUT2D eigenvalue weighted by atomic mass is 9.76. The number of ether oxygens (including phenoxy) is 2. The molecule has 81 heavy (non-hydrogen) atoms. The van der Waals surface area contributed by atoms with Gasteiger partial charge in [-0.15, -0.1) is 0 Å². The summed E-state index contributed by atoms with van der Waals surface area (Å²) >= 11 is 0.886. The molecule has 3 atom stereocenters. The monoisotopic (exact) mass is 1120 g/mol. The van der Waals surface area contributed by atoms with E-state index >= 15 is 0 Å². The van der Waals surface area contributed by atoms with Crippen molar-refractivity contribution in [2.45, 2.75) is 110 Å². The van der Waals surface area contributed by atoms with E-state index in [1.807, 2.05) is 144 Å². The van der Waals surface area contributed by atoms with Crippen molar-refractivity contribution in [1.29, 1.82) is 0 Å². The zero-order valence-electron chi connectivity index (χ0n) is 48.0. The van der Waals surface area contributed by atoms with Crippen molar-refractivity contribution in [1.82, 2.24) is 35.8 Å². The van der Waals surface area contributed by atoms with Gasteiger partial charge in [0.1, 0.15) is 30.3 Å². The Kier molecular flexibility index (Phi) is 21.1. The van der Waals surface area contributed by atoms with E-state index in [0.29, 0.717) is 10.3 Å². The highest BCUT2D eigenvalue weighted by molar-refractivity contribution is 7.96. The highest BCUT2D eigenvalue weighted by Gasteiger charge is 2.45. The van der Waals surface area contributed by atoms with E-state index in [2.05, 4.69) is 26.7 Å². The standard InChI is InChI=1S/C62H76N8O10S/c1-40(34-35-68(10)57(75)52(60(2,3)4)66-56(74)53(69(11)59(77)80-61(5,6)7)62(8,9)43-24-16-13-17-25-43)54(72)67-70(78)81-39-42-30-32-44(33-31-42)64-51(71)37-63-55(73)50(36-41-22-14-12-15-23-41)65-58(76)79-38-49-47-28-20-18-26-45(47)46-27-19-21-29-48(46)49/h12-34,49-50,52-53,78H,35-39H2,1-11H3,(H,63,73)(H,64,71)(H,65,76)(H,66,74)(H,67,72)/b40-34+. The number of alkyl carbamates (subject to hydrolysis) is 1. The molecule has 6 N–H and O–H groups in total. The molecule has 0 aliphatic heterocycles. The molecule has 1 aliphatic rings. The minimum Gasteiger partial charge on any atom is -0.449 e. The van der Waals surface area contributed by atoms with E-state index in [0.717, 1.165) is 50.9 Å². The summed E-state index contributed by atoms with van der Waals surface area (Å²) in [5, 5.41) is 21.7. The van der Waals surface area contributed by atoms with Gasteiger partial charge in [-0.3, -0.25) is 39.5 Å². The number of likely N-dealkylation sites (N-methyl/N-ethyl adjacent to an activating group) is 2. The van der Waals surface area contributed by atoms with Crippen LogP contribution in [0.1, 0.15) is 96.0 Å². The summed E-state index contributed by atoms with van der Waals surface area (Å²) in [6.45, 7) is 15.6. The first kappa shape index (κ1) is 62.2. The average molecular weight is 1130 g/mol. The third-order valence-corrected chi connectivity index (χ3v) is 14.6. The van der Waals surface area contributed by atoms with Crippen LogP contribution in [0.15, 0.2) is 145 Å². The Morgan fingerprint density at radius 1 is 0.704 bits per heavy atom. The molecule has 7 amide bonds. The zero-order chi connectivity index (χ0) is 59.2. The van der Waals surface area contributed by atoms with Gasteiger partial charge >= 0.3 is 12.2 Å². The number of amides is 7. The second-order valence-corrected chi connectivity index (χ2v) is 23.6. The third kappa shape index (κ3) is 17.3. The lowest BCUT2D eigenvalue weighted by Crippen LogP contribution is -2.62. The number of carbonyl (C=O) groups excluding carboxylic acids is 7. The Hall–Kier alpha value is -8.00. The van der Waals surface area contributed by atoms with Gasteiger partial charge < -0.3 is 35.6 Å². The van der Waals surface area contributed by atoms with Crippen molar-refractivity contribution in [3.05, 3.63) is 173 Å². The summed E-state index contributed by atoms with van der Waals surface area (Å²) in [7, 11) is 3.06. The molecule has 6 rings (SSSR count). The smallest absolute Gasteiger partial charge is 0.410 e. The molecule has 0 fully saturated rings. The van der Waals surface area contributed by atoms with Crippen LogP contribution in [0.4, 0.5) is 15.3 Å². The minimum atomic E-state index is -1.09. The Morgan fingerprint density at radius 2 is 1.27 bits per heavy atom. The van der Waals surface area contributed by atoms with Crippen molar-refractivity contribution >= 4 is 59.4 Å². The number of anilines is 1. The van der Waals surface area contributed by atoms with Crippen LogP contribution in [-0.4, -0.2) is 119 Å². The molecule has 0 bridgehead atoms. The van der Waals surface area contributed by atoms with Crippen LogP contribution < -0.4 is 26.7 Å². The maximum absolute atomic E-state index is 14.4. The highest BCUT2D eigenvalue weighted by Crippen LogP contribution is 2.44. The first-order chi connectivity index (χ1) is 38.2. The summed E-state index contributed by atoms with van der Waals surface area (Å²) in [6.07, 6.45) is 0.218. The van der Waals surface area contributed by atoms with E-state index in [1.54, 1.807) is 52.1 Å². The number of nitrogens with one attached hydrogen (secondary N) is 5. The molecule has 0 saturated heterocycles. The number of hydrogen-bond acceptors (Lipinski definition) is 12. The maximum Gasteiger partial charge on any atom is 0.410 e. The largest absolute Gasteiger partial charge is 0.449 e. The van der Waals surface area contributed by atoms with Crippen molar-refractivity contribution in [3.8, 4) is 11.1 Å². The van der Waals surface area contributed by atoms with Crippen LogP contribution in [0, 0.1) is 5.41 Å². The van der Waals surface area contributed by atoms with Gasteiger partial charge in [-0.25, -0.2) is 9.59 Å². The van der Waals surface area contributed by atoms with E-state index in [4.69, 9.17) is 9.47 Å². The molecule has 18 nitrogen and oxygen atoms in total. The molecule has 0 saturated carbocycles. The molecule has 0 spiro atoms. The fourth-order valence-electron chi connectivity index (χ4n) is 9.36. The van der Waals surface area contributed by atoms with Gasteiger partial charge in [0.25, 0.3) is 5.91 Å². The van der Waals surface area contributed by atoms with Crippen molar-refractivity contribution in [2.24, 2.45) is 5.41 Å². The van der Waals surface area contributed by atoms with Crippen molar-refractivity contribution < 1.29 is 48.2 Å². The molecule has 5 aromatic rings. The topological polar surface area (TPSA) is 228 Å². The van der Waals surface area contributed by atoms with Crippen LogP contribution in [-0.2, 0) is 51.0 Å². The summed E-state index contributed by atoms with van der Waals surface area (Å²) in [5.41, 5.74) is 7.12. The number of hydrogen-bond donors (Lipinski definition) is 6. The quantitative estimate of drug-likeness (QED) is 0.0217. The van der Waals surface area contributed by atoms with E-state index in [-0.39, 0.29) is 43.4 Å². The Labute approximate surface area is 479 Å². The molecule has 0 radical (unpaired) electrons. The summed E-state index contributed by atoms with van der Waals surface area (Å²) in [5.74, 6) is -2.65. The summed E-state index contributed by atoms with van der Waals surface area (Å²) in [6, 6.07) is 38.1. The SMILES string of the molecule is C/C(=C\CN(C)C(=O)C(NC(=O)C(N(C)C(=O)OC(C)(C)C)C(C)(C)c1ccccc1)C(C)(C)C)C(=O)NN(O)SCc1ccc(NC(=O)CNC(=O)C(Cc2ccccc2)NC(=O)OCC2c3ccccc3-c3ccccc32)cc1. The van der Waals surface area contributed by atoms with E-state index < -0.39 is 76.3 Å². The van der Waals surface area contributed by atoms with Gasteiger partial charge in [0, 0.05) is 55.4 Å². The van der Waals surface area contributed by atoms with E-state index in [1.165, 1.54) is 29.8 Å². The number of nitrogens with zero attached hydrogens (tertiary/aromatic N) is 3. The number of hydrazine groups is 1. The predicted molar refractivity (Wildman–Crippen MR) is 313 cm³/mol. The second-order valence-electron chi connectivity index (χ2n) is 22.7. The fraction of sp³-hybridized carbons (Fsp3) is 0.371. The molecule has 3 unspecified atom stereocenters. The summed E-state index contributed by atoms with van der Waals surface area (Å²) in [4.78, 5) is 97.7. The molecule has 5 aromatic carbocycles. The molecular formula is C62H76N8O10S. The van der Waals surface area contributed by atoms with Crippen LogP contribution in [0.3, 0.4) is 0 Å². The lowest BCUT2D eigenvalue weighted by Gasteiger charge is -2.42. The van der Waals surface area contributed by atoms with E-state index in [9.17, 15) is 38.8 Å². The highest BCUT2D eigenvalue weighted by atomic mass is 32.2. The first-order valence-electron chi connectivity index (χ1n) is 26.7. The van der Waals surface area contributed by atoms with Crippen LogP contribution >= 0.6 is 11.9 Å². The molecule has 0 aromatic heterocycles. The Bertz CT molecular complexity index is 3010. The maximum atomic E-state index is 14.4. The number of benzene rings is 5. The van der Waals surface area contributed by atoms with Gasteiger partial charge in [0.05, 0.1) is 6.54 Å². The van der Waals surface area contributed by atoms with Crippen LogP contribution in [0.25, 0.3) is 11.1 Å². The summed E-state index contributed by atoms with van der Waals surface area (Å²) < 4.78 is 12.0. The third-order valence-electron chi connectivity index (χ3n) is 13.8. The molecule has 430 valence electrons. The number of rotatable bonds is 22. The van der Waals surface area contributed by atoms with Crippen LogP contribution in [0.2, 0.25) is 0 Å². The predicted octanol–water partition coefficient (Wildman–Crippen LogP) is 8.91. The van der Waals surface area contributed by atoms with Crippen LogP contribution in [0.5, 0.6) is 0 Å². The first-order valence-corrected chi connectivity index (χ1v) is 27.7. The fourth-order valence-corrected chi connectivity index (χ4v) is 9.98. The average Bonchev–Trinajstić information content (AvgIpc) is 4.00. The molecular weight excluding hydrogens is 1050 g/mol.